The van der Waals surface area contributed by atoms with Crippen LogP contribution in [0, 0.1) is 14.4 Å². The van der Waals surface area contributed by atoms with Crippen LogP contribution in [0.4, 0.5) is 4.79 Å². The van der Waals surface area contributed by atoms with Gasteiger partial charge in [-0.3, -0.25) is 0 Å². The molecule has 0 aromatic heterocycles. The van der Waals surface area contributed by atoms with Crippen LogP contribution in [0.15, 0.2) is 89.8 Å². The van der Waals surface area contributed by atoms with E-state index in [0.29, 0.717) is 13.1 Å². The van der Waals surface area contributed by atoms with E-state index in [-0.39, 0.29) is 24.5 Å². The molecule has 1 fully saturated rings. The van der Waals surface area contributed by atoms with Crippen molar-refractivity contribution in [1.29, 1.82) is 0 Å². The van der Waals surface area contributed by atoms with Crippen LogP contribution in [0.2, 0.25) is 0 Å². The Morgan fingerprint density at radius 3 is 2.10 bits per heavy atom. The van der Waals surface area contributed by atoms with Crippen LogP contribution in [0.3, 0.4) is 0 Å². The summed E-state index contributed by atoms with van der Waals surface area (Å²) in [4.78, 5) is 14.8. The van der Waals surface area contributed by atoms with E-state index in [1.165, 1.54) is 0 Å². The molecule has 1 heterocycles. The van der Waals surface area contributed by atoms with Gasteiger partial charge in [-0.05, 0) is 58.2 Å². The molecule has 228 valence electrons. The van der Waals surface area contributed by atoms with E-state index < -0.39 is 27.7 Å². The third-order valence-corrected chi connectivity index (χ3v) is 8.14. The van der Waals surface area contributed by atoms with Crippen molar-refractivity contribution in [3.05, 3.63) is 114 Å². The molecule has 1 saturated heterocycles. The number of nitrogens with one attached hydrogen (secondary N) is 1. The van der Waals surface area contributed by atoms with Crippen LogP contribution in [-0.4, -0.2) is 44.1 Å². The summed E-state index contributed by atoms with van der Waals surface area (Å²) in [6, 6.07) is 24.7. The van der Waals surface area contributed by atoms with Crippen LogP contribution < -0.4 is 5.32 Å². The monoisotopic (exact) mass is 700 g/mol. The summed E-state index contributed by atoms with van der Waals surface area (Å²) in [5.41, 5.74) is 2.09. The fourth-order valence-electron chi connectivity index (χ4n) is 4.83. The first-order valence-electron chi connectivity index (χ1n) is 13.5. The molecule has 1 amide bonds. The minimum absolute atomic E-state index is 0. The number of carbonyl (C=O) groups is 1. The molecule has 1 unspecified atom stereocenters. The first-order chi connectivity index (χ1) is 19.5. The third-order valence-electron chi connectivity index (χ3n) is 6.77. The molecule has 42 heavy (non-hydrogen) atoms. The van der Waals surface area contributed by atoms with Crippen LogP contribution >= 0.6 is 9.69 Å². The second-order valence-electron chi connectivity index (χ2n) is 11.0. The Labute approximate surface area is 266 Å². The normalized spacial score (nSPS) is 16.4. The van der Waals surface area contributed by atoms with Crippen molar-refractivity contribution >= 4 is 25.8 Å². The van der Waals surface area contributed by atoms with Crippen LogP contribution in [-0.2, 0) is 32.1 Å². The first kappa shape index (κ1) is 35.9. The van der Waals surface area contributed by atoms with Crippen molar-refractivity contribution in [2.24, 2.45) is 0 Å². The maximum absolute atomic E-state index is 13.5. The fraction of sp³-hybridized carbons (Fsp3) is 0.375. The molecule has 1 aliphatic rings. The Bertz CT molecular complexity index is 1340. The molecule has 0 saturated carbocycles. The molecule has 0 spiro atoms. The number of hydrogen-bond acceptors (Lipinski definition) is 5. The number of halogens is 1. The Morgan fingerprint density at radius 1 is 1.00 bits per heavy atom. The number of rotatable bonds is 9. The van der Waals surface area contributed by atoms with Crippen molar-refractivity contribution in [2.75, 3.05) is 13.1 Å². The number of amides is 1. The summed E-state index contributed by atoms with van der Waals surface area (Å²) in [6.07, 6.45) is 1.40. The number of ether oxygens (including phenoxy) is 1. The molecule has 0 bridgehead atoms. The van der Waals surface area contributed by atoms with E-state index in [4.69, 9.17) is 4.74 Å². The quantitative estimate of drug-likeness (QED) is 0.183. The van der Waals surface area contributed by atoms with Gasteiger partial charge < -0.3 is 27.1 Å². The maximum atomic E-state index is 13.5. The van der Waals surface area contributed by atoms with Gasteiger partial charge in [-0.25, -0.2) is 13.2 Å². The zero-order valence-electron chi connectivity index (χ0n) is 24.8. The van der Waals surface area contributed by atoms with E-state index in [0.717, 1.165) is 29.5 Å². The predicted octanol–water partition coefficient (Wildman–Crippen LogP) is 7.67. The van der Waals surface area contributed by atoms with Gasteiger partial charge in [-0.2, -0.15) is 0 Å². The Morgan fingerprint density at radius 2 is 1.55 bits per heavy atom. The van der Waals surface area contributed by atoms with Gasteiger partial charge in [-0.15, -0.1) is 0 Å². The topological polar surface area (TPSA) is 89.8 Å². The molecule has 0 aliphatic carbocycles. The van der Waals surface area contributed by atoms with Gasteiger partial charge in [0.25, 0.3) is 0 Å². The van der Waals surface area contributed by atoms with Gasteiger partial charge in [0.1, 0.15) is 15.6 Å². The summed E-state index contributed by atoms with van der Waals surface area (Å²) in [5.74, 6) is 0. The zero-order valence-corrected chi connectivity index (χ0v) is 28.1. The average molecular weight is 700 g/mol. The molecule has 3 aromatic rings. The minimum atomic E-state index is -3.96. The van der Waals surface area contributed by atoms with E-state index in [9.17, 15) is 13.2 Å². The molecular weight excluding hydrogens is 659 g/mol. The van der Waals surface area contributed by atoms with Crippen molar-refractivity contribution in [2.45, 2.75) is 69.2 Å². The summed E-state index contributed by atoms with van der Waals surface area (Å²) in [7, 11) is 0.610. The molecular formula is C32H41ClN3O4RuS+. The van der Waals surface area contributed by atoms with Crippen molar-refractivity contribution in [1.82, 2.24) is 10.2 Å². The van der Waals surface area contributed by atoms with Crippen molar-refractivity contribution in [3.8, 4) is 0 Å². The number of sulfonamides is 1. The Balaban J connectivity index is 0.00000201. The molecule has 10 heteroatoms. The zero-order chi connectivity index (χ0) is 30.0. The van der Waals surface area contributed by atoms with Crippen LogP contribution in [0.5, 0.6) is 0 Å². The number of carbonyl (C=O) groups excluding carboxylic acids is 1. The first-order valence-corrected chi connectivity index (χ1v) is 17.2. The van der Waals surface area contributed by atoms with E-state index in [1.54, 1.807) is 29.2 Å². The summed E-state index contributed by atoms with van der Waals surface area (Å²) in [6.45, 7) is 8.60. The van der Waals surface area contributed by atoms with E-state index in [2.05, 4.69) is 19.7 Å². The fourth-order valence-corrected chi connectivity index (χ4v) is 5.97. The van der Waals surface area contributed by atoms with Crippen molar-refractivity contribution < 1.29 is 35.3 Å². The molecule has 0 radical (unpaired) electrons. The molecule has 4 rings (SSSR count). The van der Waals surface area contributed by atoms with E-state index >= 15 is 0 Å². The number of benzene rings is 3. The van der Waals surface area contributed by atoms with Gasteiger partial charge in [0.05, 0.1) is 0 Å². The summed E-state index contributed by atoms with van der Waals surface area (Å²) in [5, 5.41) is 3.60. The number of nitrogens with zero attached hydrogens (tertiary/aromatic N) is 2. The molecule has 3 atom stereocenters. The van der Waals surface area contributed by atoms with Gasteiger partial charge in [0.15, 0.2) is 0 Å². The third kappa shape index (κ3) is 10.2. The Kier molecular flexibility index (Phi) is 14.1. The van der Waals surface area contributed by atoms with Gasteiger partial charge >= 0.3 is 33.1 Å². The van der Waals surface area contributed by atoms with Crippen LogP contribution in [0.1, 0.15) is 62.4 Å². The van der Waals surface area contributed by atoms with Crippen molar-refractivity contribution in [3.63, 3.8) is 0 Å². The number of aryl methyl sites for hydroxylation is 1. The average Bonchev–Trinajstić information content (AvgIpc) is 3.43. The summed E-state index contributed by atoms with van der Waals surface area (Å²) >= 11 is 1.82. The molecule has 1 N–H and O–H groups in total. The van der Waals surface area contributed by atoms with Crippen LogP contribution in [0.25, 0.3) is 4.72 Å². The van der Waals surface area contributed by atoms with Gasteiger partial charge in [0.2, 0.25) is 0 Å². The van der Waals surface area contributed by atoms with E-state index in [1.807, 2.05) is 106 Å². The molecule has 1 aliphatic heterocycles. The predicted molar refractivity (Wildman–Crippen MR) is 166 cm³/mol. The standard InChI is InChI=1S/C31H38N3O4S.CH3.ClH.Ru/c1-23-17-19-27(20-18-23)39(36,37)33-29(25-14-9-6-10-15-25)28(24-12-7-5-8-13-24)32-22-26-16-11-21-34(26)30(35)38-31(2,3)4;;;/h5-10,12-15,17-20,26,28-29,32H,11,16,21-22H2,1-4H3;1H3;1H;/q2*-1;;+4/p-1/t26-,28+,29?;;;/m0.../s1. The molecule has 3 aromatic carbocycles. The Hall–Kier alpha value is -2.29. The van der Waals surface area contributed by atoms with Gasteiger partial charge in [0, 0.05) is 30.1 Å². The molecule has 7 nitrogen and oxygen atoms in total. The van der Waals surface area contributed by atoms with Gasteiger partial charge in [-0.1, -0.05) is 90.0 Å². The number of hydrogen-bond donors (Lipinski definition) is 1. The summed E-state index contributed by atoms with van der Waals surface area (Å²) < 4.78 is 37.2. The second-order valence-corrected chi connectivity index (χ2v) is 12.6. The SMILES string of the molecule is Cc1ccc(S(=O)(=O)[N-]C(c2ccccc2)[C@H](NC[C@@H]2CCCN2C(=O)OC(C)(C)C)c2ccccc2)cc1.[CH3-].[Cl][Ru+3]. The number of likely N-dealkylation sites (tertiary alicyclic amines) is 1. The second kappa shape index (κ2) is 16.5.